The average Bonchev–Trinajstić information content (AvgIpc) is 3.04. The predicted molar refractivity (Wildman–Crippen MR) is 100.0 cm³/mol. The quantitative estimate of drug-likeness (QED) is 0.296. The third-order valence-corrected chi connectivity index (χ3v) is 3.74. The molecule has 0 unspecified atom stereocenters. The first-order valence-corrected chi connectivity index (χ1v) is 9.03. The molecule has 1 aromatic heterocycles. The van der Waals surface area contributed by atoms with Crippen molar-refractivity contribution in [2.75, 3.05) is 0 Å². The zero-order valence-electron chi connectivity index (χ0n) is 14.3. The van der Waals surface area contributed by atoms with Crippen LogP contribution in [0.25, 0.3) is 6.08 Å². The Hall–Kier alpha value is -1.50. The van der Waals surface area contributed by atoms with Crippen molar-refractivity contribution in [3.63, 3.8) is 0 Å². The monoisotopic (exact) mass is 299 g/mol. The van der Waals surface area contributed by atoms with Gasteiger partial charge in [0.1, 0.15) is 0 Å². The number of rotatable bonds is 13. The summed E-state index contributed by atoms with van der Waals surface area (Å²) in [6.07, 6.45) is 28.4. The topological polar surface area (TPSA) is 15.8 Å². The zero-order valence-corrected chi connectivity index (χ0v) is 14.3. The minimum atomic E-state index is 1.10. The summed E-state index contributed by atoms with van der Waals surface area (Å²) in [5.74, 6) is 0. The molecular weight excluding hydrogens is 266 g/mol. The van der Waals surface area contributed by atoms with Crippen LogP contribution in [0.4, 0.5) is 0 Å². The summed E-state index contributed by atoms with van der Waals surface area (Å²) in [5.41, 5.74) is 1.20. The molecule has 22 heavy (non-hydrogen) atoms. The Morgan fingerprint density at radius 3 is 2.14 bits per heavy atom. The van der Waals surface area contributed by atoms with Gasteiger partial charge in [0.15, 0.2) is 0 Å². The normalized spacial score (nSPS) is 12.2. The predicted octanol–water partition coefficient (Wildman–Crippen LogP) is 7.06. The summed E-state index contributed by atoms with van der Waals surface area (Å²) in [5, 5.41) is 0. The zero-order chi connectivity index (χ0) is 15.7. The minimum Gasteiger partial charge on any atom is -0.362 e. The van der Waals surface area contributed by atoms with Crippen LogP contribution in [-0.4, -0.2) is 4.98 Å². The summed E-state index contributed by atoms with van der Waals surface area (Å²) >= 11 is 0. The smallest absolute Gasteiger partial charge is 0.0377 e. The average molecular weight is 300 g/mol. The minimum absolute atomic E-state index is 1.10. The summed E-state index contributed by atoms with van der Waals surface area (Å²) in [6, 6.07) is 4.13. The van der Waals surface area contributed by atoms with E-state index in [-0.39, 0.29) is 0 Å². The number of aromatic amines is 1. The van der Waals surface area contributed by atoms with E-state index in [1.165, 1.54) is 63.5 Å². The highest BCUT2D eigenvalue weighted by atomic mass is 14.7. The largest absolute Gasteiger partial charge is 0.362 e. The fourth-order valence-corrected chi connectivity index (χ4v) is 2.38. The number of unbranched alkanes of at least 4 members (excludes halogenated alkanes) is 7. The van der Waals surface area contributed by atoms with Gasteiger partial charge in [0.05, 0.1) is 0 Å². The molecule has 0 atom stereocenters. The van der Waals surface area contributed by atoms with Crippen LogP contribution in [0.3, 0.4) is 0 Å². The molecule has 0 aliphatic carbocycles. The standard InChI is InChI=1S/C21H33N/c1-2-3-4-5-6-7-8-9-10-11-12-13-14-15-16-18-21-19-17-20-22-21/h6-7,9-10,16-20,22H,2-5,8,11-15H2,1H3. The van der Waals surface area contributed by atoms with Crippen molar-refractivity contribution in [3.8, 4) is 0 Å². The van der Waals surface area contributed by atoms with Crippen molar-refractivity contribution < 1.29 is 0 Å². The van der Waals surface area contributed by atoms with E-state index >= 15 is 0 Å². The fraction of sp³-hybridized carbons (Fsp3) is 0.524. The molecule has 1 aromatic rings. The molecule has 0 saturated heterocycles. The molecule has 0 aromatic carbocycles. The Labute approximate surface area is 137 Å². The molecule has 0 bridgehead atoms. The van der Waals surface area contributed by atoms with Crippen molar-refractivity contribution in [1.82, 2.24) is 4.98 Å². The van der Waals surface area contributed by atoms with Crippen molar-refractivity contribution in [1.29, 1.82) is 0 Å². The van der Waals surface area contributed by atoms with Crippen molar-refractivity contribution in [2.45, 2.75) is 71.1 Å². The van der Waals surface area contributed by atoms with Crippen molar-refractivity contribution in [2.24, 2.45) is 0 Å². The summed E-state index contributed by atoms with van der Waals surface area (Å²) in [4.78, 5) is 3.19. The maximum Gasteiger partial charge on any atom is 0.0377 e. The van der Waals surface area contributed by atoms with Gasteiger partial charge in [-0.05, 0) is 63.2 Å². The SMILES string of the molecule is CCCCCC=CCC=CCCCCCC=Cc1ccc[nH]1. The van der Waals surface area contributed by atoms with Crippen LogP contribution in [0, 0.1) is 0 Å². The molecule has 0 aliphatic rings. The van der Waals surface area contributed by atoms with Gasteiger partial charge < -0.3 is 4.98 Å². The molecule has 1 heterocycles. The number of hydrogen-bond donors (Lipinski definition) is 1. The summed E-state index contributed by atoms with van der Waals surface area (Å²) in [6.45, 7) is 2.25. The van der Waals surface area contributed by atoms with Gasteiger partial charge in [0.2, 0.25) is 0 Å². The van der Waals surface area contributed by atoms with E-state index in [2.05, 4.69) is 54.4 Å². The van der Waals surface area contributed by atoms with Gasteiger partial charge in [-0.1, -0.05) is 56.6 Å². The first-order valence-electron chi connectivity index (χ1n) is 9.03. The van der Waals surface area contributed by atoms with Crippen LogP contribution in [0.2, 0.25) is 0 Å². The second kappa shape index (κ2) is 14.4. The molecule has 1 rings (SSSR count). The second-order valence-corrected chi connectivity index (χ2v) is 5.84. The van der Waals surface area contributed by atoms with Crippen LogP contribution < -0.4 is 0 Å². The number of allylic oxidation sites excluding steroid dienone is 5. The van der Waals surface area contributed by atoms with Crippen molar-refractivity contribution in [3.05, 3.63) is 54.4 Å². The third-order valence-electron chi connectivity index (χ3n) is 3.74. The highest BCUT2D eigenvalue weighted by Gasteiger charge is 1.87. The van der Waals surface area contributed by atoms with E-state index in [1.54, 1.807) is 0 Å². The first kappa shape index (κ1) is 18.5. The van der Waals surface area contributed by atoms with Gasteiger partial charge in [0, 0.05) is 11.9 Å². The number of H-pyrrole nitrogens is 1. The van der Waals surface area contributed by atoms with Crippen LogP contribution in [0.1, 0.15) is 76.8 Å². The highest BCUT2D eigenvalue weighted by Crippen LogP contribution is 2.07. The van der Waals surface area contributed by atoms with E-state index in [9.17, 15) is 0 Å². The lowest BCUT2D eigenvalue weighted by Gasteiger charge is -1.95. The van der Waals surface area contributed by atoms with E-state index in [1.807, 2.05) is 12.3 Å². The Morgan fingerprint density at radius 2 is 1.50 bits per heavy atom. The molecule has 0 amide bonds. The van der Waals surface area contributed by atoms with Gasteiger partial charge in [-0.3, -0.25) is 0 Å². The first-order chi connectivity index (χ1) is 10.9. The fourth-order valence-electron chi connectivity index (χ4n) is 2.38. The highest BCUT2D eigenvalue weighted by molar-refractivity contribution is 5.43. The lowest BCUT2D eigenvalue weighted by molar-refractivity contribution is 0.696. The Morgan fingerprint density at radius 1 is 0.818 bits per heavy atom. The summed E-state index contributed by atoms with van der Waals surface area (Å²) < 4.78 is 0. The molecule has 0 spiro atoms. The van der Waals surface area contributed by atoms with Crippen LogP contribution >= 0.6 is 0 Å². The van der Waals surface area contributed by atoms with Gasteiger partial charge >= 0.3 is 0 Å². The molecule has 122 valence electrons. The lowest BCUT2D eigenvalue weighted by Crippen LogP contribution is -1.75. The maximum absolute atomic E-state index is 3.19. The molecule has 0 fully saturated rings. The molecule has 0 radical (unpaired) electrons. The van der Waals surface area contributed by atoms with Crippen LogP contribution in [0.5, 0.6) is 0 Å². The van der Waals surface area contributed by atoms with E-state index in [0.717, 1.165) is 6.42 Å². The molecule has 1 N–H and O–H groups in total. The molecule has 0 saturated carbocycles. The Balaban J connectivity index is 1.85. The van der Waals surface area contributed by atoms with Crippen LogP contribution in [0.15, 0.2) is 48.7 Å². The molecular formula is C21H33N. The molecule has 0 aliphatic heterocycles. The molecule has 1 heteroatoms. The van der Waals surface area contributed by atoms with Gasteiger partial charge in [-0.15, -0.1) is 0 Å². The van der Waals surface area contributed by atoms with Crippen LogP contribution in [-0.2, 0) is 0 Å². The van der Waals surface area contributed by atoms with E-state index in [0.29, 0.717) is 0 Å². The number of aromatic nitrogens is 1. The number of nitrogens with one attached hydrogen (secondary N) is 1. The van der Waals surface area contributed by atoms with E-state index in [4.69, 9.17) is 0 Å². The van der Waals surface area contributed by atoms with Crippen molar-refractivity contribution >= 4 is 6.08 Å². The van der Waals surface area contributed by atoms with Gasteiger partial charge in [-0.2, -0.15) is 0 Å². The lowest BCUT2D eigenvalue weighted by atomic mass is 10.1. The Kier molecular flexibility index (Phi) is 12.2. The third kappa shape index (κ3) is 11.2. The van der Waals surface area contributed by atoms with Gasteiger partial charge in [-0.25, -0.2) is 0 Å². The molecule has 1 nitrogen and oxygen atoms in total. The maximum atomic E-state index is 3.19. The summed E-state index contributed by atoms with van der Waals surface area (Å²) in [7, 11) is 0. The van der Waals surface area contributed by atoms with E-state index < -0.39 is 0 Å². The van der Waals surface area contributed by atoms with Gasteiger partial charge in [0.25, 0.3) is 0 Å². The Bertz CT molecular complexity index is 409. The number of hydrogen-bond acceptors (Lipinski definition) is 0. The second-order valence-electron chi connectivity index (χ2n) is 5.84.